The van der Waals surface area contributed by atoms with Gasteiger partial charge in [0.1, 0.15) is 5.75 Å². The third-order valence-electron chi connectivity index (χ3n) is 3.99. The smallest absolute Gasteiger partial charge is 0.317 e. The third-order valence-corrected chi connectivity index (χ3v) is 4.20. The molecule has 24 heavy (non-hydrogen) atoms. The highest BCUT2D eigenvalue weighted by atomic mass is 35.5. The highest BCUT2D eigenvalue weighted by Crippen LogP contribution is 2.14. The van der Waals surface area contributed by atoms with Crippen LogP contribution in [0.15, 0.2) is 36.5 Å². The molecule has 0 radical (unpaired) electrons. The van der Waals surface area contributed by atoms with Crippen LogP contribution < -0.4 is 5.32 Å². The number of rotatable bonds is 6. The monoisotopic (exact) mass is 349 g/mol. The Morgan fingerprint density at radius 3 is 2.62 bits per heavy atom. The van der Waals surface area contributed by atoms with Gasteiger partial charge in [0.25, 0.3) is 0 Å². The molecule has 5 nitrogen and oxygen atoms in total. The molecule has 0 saturated carbocycles. The molecule has 1 unspecified atom stereocenters. The summed E-state index contributed by atoms with van der Waals surface area (Å²) in [5, 5.41) is 13.0. The molecule has 6 heteroatoms. The fourth-order valence-electron chi connectivity index (χ4n) is 2.48. The van der Waals surface area contributed by atoms with Crippen molar-refractivity contribution in [2.45, 2.75) is 32.4 Å². The molecule has 1 aromatic heterocycles. The van der Waals surface area contributed by atoms with Crippen LogP contribution >= 0.6 is 11.6 Å². The number of hydrogen-bond donors (Lipinski definition) is 2. The predicted octanol–water partition coefficient (Wildman–Crippen LogP) is 3.55. The first kappa shape index (κ1) is 18.2. The van der Waals surface area contributed by atoms with Gasteiger partial charge in [-0.3, -0.25) is 0 Å². The van der Waals surface area contributed by atoms with Gasteiger partial charge in [-0.2, -0.15) is 0 Å². The molecule has 2 amide bonds. The van der Waals surface area contributed by atoms with Crippen LogP contribution in [0.3, 0.4) is 0 Å². The second-order valence-electron chi connectivity index (χ2n) is 6.17. The largest absolute Gasteiger partial charge is 0.508 e. The second kappa shape index (κ2) is 8.11. The van der Waals surface area contributed by atoms with Crippen LogP contribution in [0, 0.1) is 0 Å². The van der Waals surface area contributed by atoms with Gasteiger partial charge in [0.15, 0.2) is 0 Å². The van der Waals surface area contributed by atoms with Gasteiger partial charge < -0.3 is 19.9 Å². The van der Waals surface area contributed by atoms with Crippen LogP contribution in [-0.4, -0.2) is 33.7 Å². The Kier molecular flexibility index (Phi) is 6.15. The first-order chi connectivity index (χ1) is 11.3. The standard InChI is InChI=1S/C18H24ClN3O2/c1-13(4-5-14-6-8-17(23)9-7-14)20-18(24)22(3)12-16-10-15(19)11-21(16)2/h6-11,13,23H,4-5,12H2,1-3H3,(H,20,24). The molecular weight excluding hydrogens is 326 g/mol. The summed E-state index contributed by atoms with van der Waals surface area (Å²) < 4.78 is 1.92. The van der Waals surface area contributed by atoms with Crippen LogP contribution in [0.5, 0.6) is 5.75 Å². The van der Waals surface area contributed by atoms with Crippen molar-refractivity contribution in [3.05, 3.63) is 52.8 Å². The van der Waals surface area contributed by atoms with E-state index in [-0.39, 0.29) is 17.8 Å². The van der Waals surface area contributed by atoms with Gasteiger partial charge in [0.2, 0.25) is 0 Å². The van der Waals surface area contributed by atoms with Crippen LogP contribution in [-0.2, 0) is 20.0 Å². The molecular formula is C18H24ClN3O2. The SMILES string of the molecule is CC(CCc1ccc(O)cc1)NC(=O)N(C)Cc1cc(Cl)cn1C. The Hall–Kier alpha value is -2.14. The molecule has 1 aromatic carbocycles. The average Bonchev–Trinajstić information content (AvgIpc) is 2.84. The van der Waals surface area contributed by atoms with Crippen molar-refractivity contribution in [1.29, 1.82) is 0 Å². The summed E-state index contributed by atoms with van der Waals surface area (Å²) in [6.07, 6.45) is 3.50. The summed E-state index contributed by atoms with van der Waals surface area (Å²) in [4.78, 5) is 13.9. The summed E-state index contributed by atoms with van der Waals surface area (Å²) >= 11 is 5.97. The van der Waals surface area contributed by atoms with Crippen LogP contribution in [0.4, 0.5) is 4.79 Å². The van der Waals surface area contributed by atoms with E-state index in [4.69, 9.17) is 11.6 Å². The maximum Gasteiger partial charge on any atom is 0.317 e. The number of halogens is 1. The van der Waals surface area contributed by atoms with E-state index in [0.717, 1.165) is 24.1 Å². The summed E-state index contributed by atoms with van der Waals surface area (Å²) in [7, 11) is 3.68. The van der Waals surface area contributed by atoms with Crippen molar-refractivity contribution >= 4 is 17.6 Å². The van der Waals surface area contributed by atoms with Gasteiger partial charge in [-0.25, -0.2) is 4.79 Å². The molecule has 0 spiro atoms. The topological polar surface area (TPSA) is 57.5 Å². The van der Waals surface area contributed by atoms with Gasteiger partial charge in [0.05, 0.1) is 11.6 Å². The lowest BCUT2D eigenvalue weighted by Crippen LogP contribution is -2.41. The summed E-state index contributed by atoms with van der Waals surface area (Å²) in [5.74, 6) is 0.266. The average molecular weight is 350 g/mol. The molecule has 2 aromatic rings. The Balaban J connectivity index is 1.79. The molecule has 130 valence electrons. The van der Waals surface area contributed by atoms with Crippen molar-refractivity contribution in [3.8, 4) is 5.75 Å². The molecule has 0 saturated heterocycles. The van der Waals surface area contributed by atoms with Crippen LogP contribution in [0.2, 0.25) is 5.02 Å². The van der Waals surface area contributed by atoms with E-state index in [1.54, 1.807) is 24.1 Å². The van der Waals surface area contributed by atoms with Crippen molar-refractivity contribution in [2.75, 3.05) is 7.05 Å². The summed E-state index contributed by atoms with van der Waals surface area (Å²) in [5.41, 5.74) is 2.12. The number of nitrogens with zero attached hydrogens (tertiary/aromatic N) is 2. The molecule has 2 rings (SSSR count). The number of carbonyl (C=O) groups excluding carboxylic acids is 1. The molecule has 0 aliphatic rings. The van der Waals surface area contributed by atoms with E-state index in [1.807, 2.05) is 42.9 Å². The highest BCUT2D eigenvalue weighted by molar-refractivity contribution is 6.30. The molecule has 0 aliphatic heterocycles. The number of phenols is 1. The minimum Gasteiger partial charge on any atom is -0.508 e. The van der Waals surface area contributed by atoms with Crippen molar-refractivity contribution in [1.82, 2.24) is 14.8 Å². The minimum atomic E-state index is -0.106. The van der Waals surface area contributed by atoms with Gasteiger partial charge in [-0.1, -0.05) is 23.7 Å². The quantitative estimate of drug-likeness (QED) is 0.838. The highest BCUT2D eigenvalue weighted by Gasteiger charge is 2.14. The molecule has 2 N–H and O–H groups in total. The molecule has 1 atom stereocenters. The number of aryl methyl sites for hydroxylation is 2. The number of benzene rings is 1. The fourth-order valence-corrected chi connectivity index (χ4v) is 2.75. The molecule has 1 heterocycles. The van der Waals surface area contributed by atoms with Crippen LogP contribution in [0.1, 0.15) is 24.6 Å². The van der Waals surface area contributed by atoms with Crippen molar-refractivity contribution in [3.63, 3.8) is 0 Å². The van der Waals surface area contributed by atoms with Gasteiger partial charge in [-0.15, -0.1) is 0 Å². The van der Waals surface area contributed by atoms with Gasteiger partial charge in [-0.05, 0) is 43.5 Å². The molecule has 0 aliphatic carbocycles. The lowest BCUT2D eigenvalue weighted by molar-refractivity contribution is 0.202. The number of aromatic hydroxyl groups is 1. The molecule has 0 bridgehead atoms. The number of carbonyl (C=O) groups is 1. The Morgan fingerprint density at radius 1 is 1.38 bits per heavy atom. The van der Waals surface area contributed by atoms with Crippen LogP contribution in [0.25, 0.3) is 0 Å². The predicted molar refractivity (Wildman–Crippen MR) is 96.3 cm³/mol. The minimum absolute atomic E-state index is 0.0609. The second-order valence-corrected chi connectivity index (χ2v) is 6.61. The maximum atomic E-state index is 12.3. The van der Waals surface area contributed by atoms with Gasteiger partial charge in [0, 0.05) is 32.0 Å². The maximum absolute atomic E-state index is 12.3. The van der Waals surface area contributed by atoms with E-state index in [1.165, 1.54) is 0 Å². The van der Waals surface area contributed by atoms with E-state index in [9.17, 15) is 9.90 Å². The number of urea groups is 1. The van der Waals surface area contributed by atoms with Crippen molar-refractivity contribution < 1.29 is 9.90 Å². The van der Waals surface area contributed by atoms with E-state index in [2.05, 4.69) is 5.32 Å². The Bertz CT molecular complexity index is 682. The van der Waals surface area contributed by atoms with E-state index < -0.39 is 0 Å². The molecule has 0 fully saturated rings. The first-order valence-corrected chi connectivity index (χ1v) is 8.33. The Morgan fingerprint density at radius 2 is 2.04 bits per heavy atom. The third kappa shape index (κ3) is 5.20. The summed E-state index contributed by atoms with van der Waals surface area (Å²) in [6, 6.07) is 8.97. The zero-order valence-corrected chi connectivity index (χ0v) is 15.0. The number of nitrogens with one attached hydrogen (secondary N) is 1. The van der Waals surface area contributed by atoms with Gasteiger partial charge >= 0.3 is 6.03 Å². The Labute approximate surface area is 147 Å². The normalized spacial score (nSPS) is 12.0. The van der Waals surface area contributed by atoms with Crippen molar-refractivity contribution in [2.24, 2.45) is 7.05 Å². The lowest BCUT2D eigenvalue weighted by Gasteiger charge is -2.21. The number of aromatic nitrogens is 1. The zero-order valence-electron chi connectivity index (χ0n) is 14.3. The van der Waals surface area contributed by atoms with E-state index in [0.29, 0.717) is 11.6 Å². The summed E-state index contributed by atoms with van der Waals surface area (Å²) in [6.45, 7) is 2.49. The lowest BCUT2D eigenvalue weighted by atomic mass is 10.1. The zero-order chi connectivity index (χ0) is 17.7. The number of hydrogen-bond acceptors (Lipinski definition) is 2. The number of phenolic OH excluding ortho intramolecular Hbond substituents is 1. The fraction of sp³-hybridized carbons (Fsp3) is 0.389. The first-order valence-electron chi connectivity index (χ1n) is 7.95. The van der Waals surface area contributed by atoms with E-state index >= 15 is 0 Å². The number of amides is 2.